The summed E-state index contributed by atoms with van der Waals surface area (Å²) in [5.41, 5.74) is -1.26. The van der Waals surface area contributed by atoms with Crippen LogP contribution in [0, 0.1) is 5.92 Å². The molecule has 1 aliphatic heterocycles. The smallest absolute Gasteiger partial charge is 0.459 e. The molecule has 1 aromatic heterocycles. The molecule has 0 radical (unpaired) electrons. The third-order valence-corrected chi connectivity index (χ3v) is 6.89. The molecule has 2 heterocycles. The molecule has 5 unspecified atom stereocenters. The second-order valence-corrected chi connectivity index (χ2v) is 10.2. The summed E-state index contributed by atoms with van der Waals surface area (Å²) in [5, 5.41) is 13.2. The highest BCUT2D eigenvalue weighted by atomic mass is 31.2. The Kier molecular flexibility index (Phi) is 8.68. The van der Waals surface area contributed by atoms with Crippen LogP contribution in [0.4, 0.5) is 0 Å². The number of hydrogen-bond donors (Lipinski definition) is 3. The summed E-state index contributed by atoms with van der Waals surface area (Å²) in [6, 6.07) is 8.36. The van der Waals surface area contributed by atoms with Crippen molar-refractivity contribution in [2.24, 2.45) is 5.92 Å². The van der Waals surface area contributed by atoms with Gasteiger partial charge in [-0.1, -0.05) is 25.1 Å². The molecule has 3 N–H and O–H groups in total. The number of nitrogens with one attached hydrogen (secondary N) is 2. The number of carbonyl (C=O) groups is 1. The molecule has 1 aromatic carbocycles. The van der Waals surface area contributed by atoms with Gasteiger partial charge in [-0.25, -0.2) is 9.36 Å². The quantitative estimate of drug-likeness (QED) is 0.316. The van der Waals surface area contributed by atoms with Gasteiger partial charge in [0.15, 0.2) is 0 Å². The fourth-order valence-corrected chi connectivity index (χ4v) is 4.98. The Labute approximate surface area is 201 Å². The minimum atomic E-state index is -4.16. The second kappa shape index (κ2) is 11.3. The first kappa shape index (κ1) is 26.8. The molecule has 6 atom stereocenters. The number of rotatable bonds is 10. The lowest BCUT2D eigenvalue weighted by Gasteiger charge is -2.25. The fraction of sp³-hybridized carbons (Fsp3) is 0.500. The van der Waals surface area contributed by atoms with Gasteiger partial charge in [-0.15, -0.1) is 0 Å². The number of aliphatic hydroxyl groups excluding tert-OH is 1. The van der Waals surface area contributed by atoms with Gasteiger partial charge in [-0.3, -0.25) is 23.7 Å². The Morgan fingerprint density at radius 3 is 2.54 bits per heavy atom. The van der Waals surface area contributed by atoms with Crippen LogP contribution in [-0.2, 0) is 23.4 Å². The molecule has 35 heavy (non-hydrogen) atoms. The number of aromatic amines is 1. The number of benzene rings is 1. The van der Waals surface area contributed by atoms with Crippen molar-refractivity contribution >= 4 is 13.7 Å². The zero-order valence-corrected chi connectivity index (χ0v) is 20.7. The van der Waals surface area contributed by atoms with Crippen molar-refractivity contribution in [3.63, 3.8) is 0 Å². The summed E-state index contributed by atoms with van der Waals surface area (Å²) >= 11 is 0. The Morgan fingerprint density at radius 1 is 1.23 bits per heavy atom. The Balaban J connectivity index is 1.75. The number of H-pyrrole nitrogens is 1. The Bertz CT molecular complexity index is 1170. The van der Waals surface area contributed by atoms with Crippen molar-refractivity contribution in [2.75, 3.05) is 6.61 Å². The van der Waals surface area contributed by atoms with Crippen LogP contribution in [-0.4, -0.2) is 51.6 Å². The lowest BCUT2D eigenvalue weighted by Crippen LogP contribution is -2.37. The molecule has 0 saturated carbocycles. The zero-order valence-electron chi connectivity index (χ0n) is 19.8. The van der Waals surface area contributed by atoms with Gasteiger partial charge in [0.2, 0.25) is 0 Å². The minimum absolute atomic E-state index is 0.228. The van der Waals surface area contributed by atoms with Crippen molar-refractivity contribution in [3.8, 4) is 5.75 Å². The summed E-state index contributed by atoms with van der Waals surface area (Å²) in [6.07, 6.45) is -2.08. The van der Waals surface area contributed by atoms with Gasteiger partial charge in [-0.05, 0) is 32.9 Å². The Hall–Kier alpha value is -2.76. The molecule has 12 nitrogen and oxygen atoms in total. The van der Waals surface area contributed by atoms with E-state index in [4.69, 9.17) is 18.5 Å². The molecule has 1 aliphatic rings. The first-order valence-corrected chi connectivity index (χ1v) is 12.7. The molecule has 0 spiro atoms. The summed E-state index contributed by atoms with van der Waals surface area (Å²) in [6.45, 7) is 6.10. The van der Waals surface area contributed by atoms with Crippen molar-refractivity contribution in [3.05, 3.63) is 63.4 Å². The van der Waals surface area contributed by atoms with E-state index < -0.39 is 55.4 Å². The summed E-state index contributed by atoms with van der Waals surface area (Å²) in [4.78, 5) is 37.9. The third-order valence-electron chi connectivity index (χ3n) is 5.24. The number of ether oxygens (including phenoxy) is 2. The molecule has 192 valence electrons. The van der Waals surface area contributed by atoms with Crippen LogP contribution >= 0.6 is 7.75 Å². The van der Waals surface area contributed by atoms with Gasteiger partial charge in [-0.2, -0.15) is 5.09 Å². The highest BCUT2D eigenvalue weighted by Gasteiger charge is 2.44. The number of carbonyl (C=O) groups excluding carboxylic acids is 1. The highest BCUT2D eigenvalue weighted by molar-refractivity contribution is 7.52. The molecule has 0 amide bonds. The van der Waals surface area contributed by atoms with Crippen LogP contribution in [0.2, 0.25) is 0 Å². The molecule has 0 aliphatic carbocycles. The molecule has 1 fully saturated rings. The lowest BCUT2D eigenvalue weighted by molar-refractivity contribution is -0.149. The van der Waals surface area contributed by atoms with Crippen molar-refractivity contribution in [2.45, 2.75) is 58.3 Å². The standard InChI is InChI=1S/C22H30N3O9P/c1-13(2)32-21(28)15(4)24-35(30,34-16-8-6-5-7-9-16)31-12-17-19(27)14(3)20(33-17)25-11-10-18(26)23-22(25)29/h5-11,13-15,17,19-20,27H,12H2,1-4H3,(H,24,30)(H,23,26,29)/t14?,15?,17?,19-,20?,35?/m0/s1. The van der Waals surface area contributed by atoms with Gasteiger partial charge >= 0.3 is 19.4 Å². The van der Waals surface area contributed by atoms with E-state index in [9.17, 15) is 24.1 Å². The number of hydrogen-bond acceptors (Lipinski definition) is 9. The van der Waals surface area contributed by atoms with Crippen molar-refractivity contribution in [1.29, 1.82) is 0 Å². The predicted molar refractivity (Wildman–Crippen MR) is 125 cm³/mol. The molecular formula is C22H30N3O9P. The fourth-order valence-electron chi connectivity index (χ4n) is 3.48. The molecule has 1 saturated heterocycles. The van der Waals surface area contributed by atoms with Gasteiger partial charge in [0.25, 0.3) is 5.56 Å². The Morgan fingerprint density at radius 2 is 1.91 bits per heavy atom. The minimum Gasteiger partial charge on any atom is -0.462 e. The van der Waals surface area contributed by atoms with Crippen LogP contribution in [0.1, 0.15) is 33.9 Å². The molecule has 13 heteroatoms. The second-order valence-electron chi connectivity index (χ2n) is 8.47. The van der Waals surface area contributed by atoms with E-state index in [2.05, 4.69) is 10.1 Å². The van der Waals surface area contributed by atoms with E-state index in [0.717, 1.165) is 10.6 Å². The van der Waals surface area contributed by atoms with Crippen LogP contribution in [0.5, 0.6) is 5.75 Å². The van der Waals surface area contributed by atoms with Gasteiger partial charge in [0.1, 0.15) is 24.1 Å². The first-order chi connectivity index (χ1) is 16.5. The van der Waals surface area contributed by atoms with E-state index in [-0.39, 0.29) is 18.5 Å². The largest absolute Gasteiger partial charge is 0.462 e. The van der Waals surface area contributed by atoms with E-state index in [1.807, 2.05) is 0 Å². The van der Waals surface area contributed by atoms with E-state index >= 15 is 0 Å². The molecule has 3 rings (SSSR count). The summed E-state index contributed by atoms with van der Waals surface area (Å²) in [7, 11) is -4.16. The number of esters is 1. The normalized spacial score (nSPS) is 24.6. The third kappa shape index (κ3) is 6.89. The molecule has 2 aromatic rings. The number of nitrogens with zero attached hydrogens (tertiary/aromatic N) is 1. The van der Waals surface area contributed by atoms with E-state index in [1.54, 1.807) is 51.1 Å². The van der Waals surface area contributed by atoms with Crippen molar-refractivity contribution in [1.82, 2.24) is 14.6 Å². The van der Waals surface area contributed by atoms with Crippen LogP contribution in [0.25, 0.3) is 0 Å². The number of aliphatic hydroxyl groups is 1. The average molecular weight is 511 g/mol. The zero-order chi connectivity index (χ0) is 25.8. The number of aromatic nitrogens is 2. The van der Waals surface area contributed by atoms with Gasteiger partial charge < -0.3 is 19.1 Å². The maximum Gasteiger partial charge on any atom is 0.459 e. The van der Waals surface area contributed by atoms with Crippen molar-refractivity contribution < 1.29 is 33.0 Å². The lowest BCUT2D eigenvalue weighted by atomic mass is 10.0. The SMILES string of the molecule is CC(C)OC(=O)C(C)NP(=O)(OCC1OC(n2ccc(=O)[nH]c2=O)C(C)[C@@H]1O)Oc1ccccc1. The van der Waals surface area contributed by atoms with E-state index in [1.165, 1.54) is 13.1 Å². The van der Waals surface area contributed by atoms with Crippen LogP contribution in [0.3, 0.4) is 0 Å². The predicted octanol–water partition coefficient (Wildman–Crippen LogP) is 1.56. The van der Waals surface area contributed by atoms with E-state index in [0.29, 0.717) is 0 Å². The summed E-state index contributed by atoms with van der Waals surface area (Å²) in [5.74, 6) is -0.981. The topological polar surface area (TPSA) is 158 Å². The monoisotopic (exact) mass is 511 g/mol. The first-order valence-electron chi connectivity index (χ1n) is 11.1. The average Bonchev–Trinajstić information content (AvgIpc) is 3.06. The van der Waals surface area contributed by atoms with Crippen LogP contribution in [0.15, 0.2) is 52.2 Å². The summed E-state index contributed by atoms with van der Waals surface area (Å²) < 4.78 is 36.8. The highest BCUT2D eigenvalue weighted by Crippen LogP contribution is 2.46. The molecule has 0 bridgehead atoms. The maximum absolute atomic E-state index is 13.6. The maximum atomic E-state index is 13.6. The van der Waals surface area contributed by atoms with Gasteiger partial charge in [0, 0.05) is 18.2 Å². The molecular weight excluding hydrogens is 481 g/mol. The van der Waals surface area contributed by atoms with Gasteiger partial charge in [0.05, 0.1) is 18.8 Å². The number of para-hydroxylation sites is 1. The van der Waals surface area contributed by atoms with Crippen LogP contribution < -0.4 is 20.9 Å².